The smallest absolute Gasteiger partial charge is 0.217 e. The van der Waals surface area contributed by atoms with Crippen molar-refractivity contribution in [2.45, 2.75) is 311 Å². The number of aliphatic hydroxyl groups excluding tert-OH is 24. The Morgan fingerprint density at radius 1 is 0.272 bits per heavy atom. The minimum Gasteiger partial charge on any atom is -0.394 e. The van der Waals surface area contributed by atoms with E-state index < -0.39 is 334 Å². The highest BCUT2D eigenvalue weighted by atomic mass is 16.8. The summed E-state index contributed by atoms with van der Waals surface area (Å²) in [6.45, 7) is -0.729. The van der Waals surface area contributed by atoms with Crippen molar-refractivity contribution in [3.8, 4) is 0 Å². The van der Waals surface area contributed by atoms with E-state index in [4.69, 9.17) is 75.8 Å². The molecular weight excluding hydrogens is 1410 g/mol. The van der Waals surface area contributed by atoms with E-state index in [1.807, 2.05) is 0 Å². The summed E-state index contributed by atoms with van der Waals surface area (Å²) in [5, 5.41) is 270. The molecule has 0 saturated carbocycles. The summed E-state index contributed by atoms with van der Waals surface area (Å²) >= 11 is 0. The molecule has 44 heteroatoms. The summed E-state index contributed by atoms with van der Waals surface area (Å²) in [6, 6.07) is -3.85. The first kappa shape index (κ1) is 84.4. The van der Waals surface area contributed by atoms with Crippen LogP contribution >= 0.6 is 0 Å². The highest BCUT2D eigenvalue weighted by Gasteiger charge is 2.61. The van der Waals surface area contributed by atoms with Crippen LogP contribution in [0.4, 0.5) is 0 Å². The lowest BCUT2D eigenvalue weighted by Crippen LogP contribution is -2.71. The Hall–Kier alpha value is -2.66. The van der Waals surface area contributed by atoms with E-state index in [-0.39, 0.29) is 0 Å². The maximum Gasteiger partial charge on any atom is 0.217 e. The number of carbonyl (C=O) groups excluding carboxylic acids is 2. The quantitative estimate of drug-likeness (QED) is 0.0427. The number of ether oxygens (including phenoxy) is 16. The van der Waals surface area contributed by atoms with Crippen molar-refractivity contribution in [1.29, 1.82) is 0 Å². The third-order valence-electron chi connectivity index (χ3n) is 20.0. The molecule has 0 aliphatic carbocycles. The van der Waals surface area contributed by atoms with E-state index in [1.54, 1.807) is 0 Å². The highest BCUT2D eigenvalue weighted by Crippen LogP contribution is 2.43. The molecule has 9 saturated heterocycles. The van der Waals surface area contributed by atoms with Crippen LogP contribution in [0, 0.1) is 5.92 Å². The molecule has 9 aliphatic heterocycles. The molecule has 26 N–H and O–H groups in total. The van der Waals surface area contributed by atoms with Crippen LogP contribution in [-0.2, 0) is 85.4 Å². The Morgan fingerprint density at radius 3 is 1.07 bits per heavy atom. The summed E-state index contributed by atoms with van der Waals surface area (Å²) < 4.78 is 96.1. The van der Waals surface area contributed by atoms with E-state index in [0.29, 0.717) is 0 Å². The van der Waals surface area contributed by atoms with E-state index in [2.05, 4.69) is 10.6 Å². The molecule has 9 fully saturated rings. The van der Waals surface area contributed by atoms with Gasteiger partial charge in [-0.15, -0.1) is 0 Å². The van der Waals surface area contributed by atoms with Gasteiger partial charge >= 0.3 is 0 Å². The minimum atomic E-state index is -2.26. The van der Waals surface area contributed by atoms with Crippen LogP contribution in [0.2, 0.25) is 0 Å². The van der Waals surface area contributed by atoms with Crippen LogP contribution in [0.1, 0.15) is 41.0 Å². The molecule has 598 valence electrons. The lowest BCUT2D eigenvalue weighted by atomic mass is 9.80. The fraction of sp³-hybridized carbons (Fsp3) is 0.966. The second-order valence-corrected chi connectivity index (χ2v) is 27.1. The van der Waals surface area contributed by atoms with Gasteiger partial charge in [0.25, 0.3) is 0 Å². The zero-order chi connectivity index (χ0) is 75.8. The molecule has 9 rings (SSSR count). The lowest BCUT2D eigenvalue weighted by Gasteiger charge is -2.53. The van der Waals surface area contributed by atoms with Crippen LogP contribution in [0.15, 0.2) is 0 Å². The van der Waals surface area contributed by atoms with Crippen LogP contribution in [0.3, 0.4) is 0 Å². The van der Waals surface area contributed by atoms with Gasteiger partial charge < -0.3 is 209 Å². The monoisotopic (exact) mass is 1510 g/mol. The molecule has 103 heavy (non-hydrogen) atoms. The molecule has 0 radical (unpaired) electrons. The van der Waals surface area contributed by atoms with Gasteiger partial charge in [0.05, 0.1) is 76.3 Å². The van der Waals surface area contributed by atoms with Crippen molar-refractivity contribution in [3.63, 3.8) is 0 Å². The van der Waals surface area contributed by atoms with Gasteiger partial charge in [-0.2, -0.15) is 0 Å². The summed E-state index contributed by atoms with van der Waals surface area (Å²) in [7, 11) is 0. The Labute approximate surface area is 585 Å². The number of aliphatic hydroxyl groups is 24. The average Bonchev–Trinajstić information content (AvgIpc) is 0.761. The van der Waals surface area contributed by atoms with Crippen molar-refractivity contribution in [1.82, 2.24) is 10.6 Å². The van der Waals surface area contributed by atoms with Crippen molar-refractivity contribution in [3.05, 3.63) is 0 Å². The number of amides is 2. The molecule has 0 aromatic heterocycles. The Morgan fingerprint density at radius 2 is 0.602 bits per heavy atom. The second kappa shape index (κ2) is 36.0. The molecule has 45 atom stereocenters. The van der Waals surface area contributed by atoms with Gasteiger partial charge in [0, 0.05) is 19.8 Å². The molecular formula is C59H100N2O42. The Kier molecular flexibility index (Phi) is 29.5. The van der Waals surface area contributed by atoms with Gasteiger partial charge in [0.2, 0.25) is 11.8 Å². The Balaban J connectivity index is 1.06. The summed E-state index contributed by atoms with van der Waals surface area (Å²) in [5.74, 6) is -3.51. The highest BCUT2D eigenvalue weighted by molar-refractivity contribution is 5.73. The molecule has 9 heterocycles. The van der Waals surface area contributed by atoms with Crippen LogP contribution in [0.25, 0.3) is 0 Å². The zero-order valence-corrected chi connectivity index (χ0v) is 56.0. The van der Waals surface area contributed by atoms with Crippen LogP contribution in [-0.4, -0.2) is 444 Å². The van der Waals surface area contributed by atoms with E-state index >= 15 is 0 Å². The first-order chi connectivity index (χ1) is 48.6. The number of nitrogens with one attached hydrogen (secondary N) is 2. The lowest BCUT2D eigenvalue weighted by molar-refractivity contribution is -0.397. The average molecular weight is 1510 g/mol. The zero-order valence-electron chi connectivity index (χ0n) is 56.0. The molecule has 18 unspecified atom stereocenters. The molecule has 0 spiro atoms. The summed E-state index contributed by atoms with van der Waals surface area (Å²) in [4.78, 5) is 27.0. The first-order valence-corrected chi connectivity index (χ1v) is 33.6. The van der Waals surface area contributed by atoms with E-state index in [0.717, 1.165) is 13.8 Å². The van der Waals surface area contributed by atoms with Gasteiger partial charge in [-0.3, -0.25) is 9.59 Å². The van der Waals surface area contributed by atoms with Gasteiger partial charge in [0.15, 0.2) is 50.3 Å². The number of carbonyl (C=O) groups is 2. The predicted molar refractivity (Wildman–Crippen MR) is 319 cm³/mol. The fourth-order valence-corrected chi connectivity index (χ4v) is 14.1. The molecule has 9 aliphatic rings. The molecule has 2 amide bonds. The number of hydrogen-bond acceptors (Lipinski definition) is 42. The maximum absolute atomic E-state index is 13.5. The molecule has 0 aromatic rings. The third kappa shape index (κ3) is 17.9. The van der Waals surface area contributed by atoms with Crippen molar-refractivity contribution in [2.24, 2.45) is 5.92 Å². The van der Waals surface area contributed by atoms with Crippen molar-refractivity contribution < 1.29 is 208 Å². The SMILES string of the molecule is CC(=O)NC1[C@H](O[C@@H]2C(O)[C@H](O[C@@H]3C(CO)O[C@@H](O)C(O)[C@H]3O)OC(CO)[C@@H]2O)OC(CO)[C@@H](C[C@@H]2O[C@@H](CO)[C@H](O)C(O[C@@H]3OC(CO)[C@@H](O[C@@H]4O[C@@H](CO)[C@H](O)C(O)C4O[C@@H]4O[C@@H](C)[C@@H](O)C(O)C4O)[C@H](O[C@@H]4OC(C)[C@@H](O)[C@H](O)C4O)C3NC(C)=O)C2O)[C@@H]1O[C@@H]1OC(C)[C@@H](O)[C@H](O)C1O. The van der Waals surface area contributed by atoms with Crippen molar-refractivity contribution in [2.75, 3.05) is 39.6 Å². The van der Waals surface area contributed by atoms with E-state index in [9.17, 15) is 132 Å². The normalized spacial score (nSPS) is 52.3. The largest absolute Gasteiger partial charge is 0.394 e. The standard InChI is InChI=1S/C59H100N2O42/c1-13-28(70)35(77)41(83)55(88-13)97-45-18(20(7-62)93-53(26(45)60-16(4)68)102-50-34(76)23(10-65)94-58(44(50)86)98-46-24(11-66)92-52(87)40(82)39(46)81)6-19-32(74)49(33(75)22(9-64)91-19)101-54-27(61-17(5)69)48(100-56-42(84)36(78)29(71)14(2)89-56)47(25(12-67)96-54)99-59-51(38(80)31(73)21(8-63)95-59)103-57-43(85)37(79)30(72)15(3)90-57/h13-15,18-59,62-67,70-87H,6-12H2,1-5H3,(H,60,68)(H,61,69)/t13?,14?,15-,18+,19-,20?,21-,22-,23?,24?,25?,26?,27?,28+,29+,30+,31-,32?,33-,34-,35-,36-,37?,38?,39+,40?,41?,42?,43?,44?,45-,46+,47+,48+,49?,50-,51?,52+,53-,54-,55-,56-,57-,58-,59-/m0/s1. The first-order valence-electron chi connectivity index (χ1n) is 33.6. The van der Waals surface area contributed by atoms with E-state index in [1.165, 1.54) is 20.8 Å². The molecule has 0 bridgehead atoms. The van der Waals surface area contributed by atoms with Gasteiger partial charge in [-0.05, 0) is 27.2 Å². The third-order valence-corrected chi connectivity index (χ3v) is 20.0. The Bertz CT molecular complexity index is 2660. The fourth-order valence-electron chi connectivity index (χ4n) is 14.1. The maximum atomic E-state index is 13.5. The minimum absolute atomic E-state index is 0.762. The van der Waals surface area contributed by atoms with Gasteiger partial charge in [0.1, 0.15) is 183 Å². The van der Waals surface area contributed by atoms with Crippen molar-refractivity contribution >= 4 is 11.8 Å². The molecule has 44 nitrogen and oxygen atoms in total. The summed E-state index contributed by atoms with van der Waals surface area (Å²) in [5.41, 5.74) is 0. The topological polar surface area (TPSA) is 691 Å². The van der Waals surface area contributed by atoms with Gasteiger partial charge in [-0.25, -0.2) is 0 Å². The predicted octanol–water partition coefficient (Wildman–Crippen LogP) is -16.6. The molecule has 0 aromatic carbocycles. The van der Waals surface area contributed by atoms with Crippen LogP contribution in [0.5, 0.6) is 0 Å². The van der Waals surface area contributed by atoms with Crippen LogP contribution < -0.4 is 10.6 Å². The number of rotatable bonds is 24. The second-order valence-electron chi connectivity index (χ2n) is 27.1. The van der Waals surface area contributed by atoms with Gasteiger partial charge in [-0.1, -0.05) is 0 Å². The number of hydrogen-bond donors (Lipinski definition) is 26. The summed E-state index contributed by atoms with van der Waals surface area (Å²) in [6.07, 6.45) is -82.5.